The third kappa shape index (κ3) is 3.17. The van der Waals surface area contributed by atoms with Gasteiger partial charge in [-0.2, -0.15) is 0 Å². The van der Waals surface area contributed by atoms with Crippen LogP contribution in [0, 0.1) is 0 Å². The maximum Gasteiger partial charge on any atom is 0.330 e. The second-order valence-corrected chi connectivity index (χ2v) is 4.17. The lowest BCUT2D eigenvalue weighted by Crippen LogP contribution is -2.12. The van der Waals surface area contributed by atoms with Crippen LogP contribution >= 0.6 is 0 Å². The molecule has 2 rings (SSSR count). The number of carbonyl (C=O) groups excluding carboxylic acids is 1. The van der Waals surface area contributed by atoms with Gasteiger partial charge in [-0.3, -0.25) is 0 Å². The Morgan fingerprint density at radius 3 is 2.76 bits per heavy atom. The zero-order chi connectivity index (χ0) is 12.1. The average Bonchev–Trinajstić information content (AvgIpc) is 2.90. The van der Waals surface area contributed by atoms with Crippen molar-refractivity contribution in [2.75, 3.05) is 13.7 Å². The van der Waals surface area contributed by atoms with E-state index in [1.807, 2.05) is 12.1 Å². The molecule has 1 atom stereocenters. The topological polar surface area (TPSA) is 38.3 Å². The van der Waals surface area contributed by atoms with E-state index in [2.05, 4.69) is 22.2 Å². The number of nitrogens with one attached hydrogen (secondary N) is 1. The summed E-state index contributed by atoms with van der Waals surface area (Å²) in [5.41, 5.74) is 2.33. The van der Waals surface area contributed by atoms with E-state index in [9.17, 15) is 4.79 Å². The summed E-state index contributed by atoms with van der Waals surface area (Å²) in [6, 6.07) is 8.76. The van der Waals surface area contributed by atoms with Gasteiger partial charge < -0.3 is 10.1 Å². The van der Waals surface area contributed by atoms with Gasteiger partial charge in [0.2, 0.25) is 0 Å². The number of hydrogen-bond acceptors (Lipinski definition) is 3. The Morgan fingerprint density at radius 2 is 2.18 bits per heavy atom. The van der Waals surface area contributed by atoms with Crippen molar-refractivity contribution < 1.29 is 9.53 Å². The lowest BCUT2D eigenvalue weighted by molar-refractivity contribution is -0.134. The van der Waals surface area contributed by atoms with Gasteiger partial charge in [-0.15, -0.1) is 0 Å². The molecule has 0 unspecified atom stereocenters. The predicted molar refractivity (Wildman–Crippen MR) is 67.5 cm³/mol. The molecule has 3 nitrogen and oxygen atoms in total. The smallest absolute Gasteiger partial charge is 0.330 e. The summed E-state index contributed by atoms with van der Waals surface area (Å²) in [5, 5.41) is 3.46. The number of ether oxygens (including phenoxy) is 1. The van der Waals surface area contributed by atoms with E-state index in [-0.39, 0.29) is 5.97 Å². The van der Waals surface area contributed by atoms with Crippen molar-refractivity contribution in [1.29, 1.82) is 0 Å². The van der Waals surface area contributed by atoms with Crippen LogP contribution < -0.4 is 5.32 Å². The molecule has 1 fully saturated rings. The fourth-order valence-electron chi connectivity index (χ4n) is 2.04. The molecule has 1 aromatic carbocycles. The van der Waals surface area contributed by atoms with Crippen LogP contribution in [0.1, 0.15) is 30.0 Å². The van der Waals surface area contributed by atoms with Gasteiger partial charge in [0, 0.05) is 12.1 Å². The SMILES string of the molecule is COC(=O)/C=C/c1ccc([C@H]2CCCN2)cc1. The maximum absolute atomic E-state index is 10.9. The van der Waals surface area contributed by atoms with Gasteiger partial charge in [0.05, 0.1) is 7.11 Å². The summed E-state index contributed by atoms with van der Waals surface area (Å²) in [5.74, 6) is -0.327. The summed E-state index contributed by atoms with van der Waals surface area (Å²) < 4.78 is 4.54. The third-order valence-corrected chi connectivity index (χ3v) is 3.01. The summed E-state index contributed by atoms with van der Waals surface area (Å²) in [6.45, 7) is 1.11. The number of benzene rings is 1. The summed E-state index contributed by atoms with van der Waals surface area (Å²) in [6.07, 6.45) is 5.65. The first-order valence-electron chi connectivity index (χ1n) is 5.89. The zero-order valence-corrected chi connectivity index (χ0v) is 9.98. The molecule has 0 aromatic heterocycles. The fraction of sp³-hybridized carbons (Fsp3) is 0.357. The molecule has 1 aliphatic heterocycles. The molecule has 0 amide bonds. The Balaban J connectivity index is 2.02. The van der Waals surface area contributed by atoms with Gasteiger partial charge in [-0.05, 0) is 36.6 Å². The molecule has 0 radical (unpaired) electrons. The molecule has 1 saturated heterocycles. The van der Waals surface area contributed by atoms with E-state index in [4.69, 9.17) is 0 Å². The largest absolute Gasteiger partial charge is 0.466 e. The van der Waals surface area contributed by atoms with Gasteiger partial charge in [-0.1, -0.05) is 24.3 Å². The van der Waals surface area contributed by atoms with Crippen molar-refractivity contribution >= 4 is 12.0 Å². The first kappa shape index (κ1) is 11.9. The molecule has 90 valence electrons. The van der Waals surface area contributed by atoms with E-state index in [1.54, 1.807) is 6.08 Å². The highest BCUT2D eigenvalue weighted by molar-refractivity contribution is 5.86. The van der Waals surface area contributed by atoms with Crippen LogP contribution in [0.25, 0.3) is 6.08 Å². The molecule has 1 heterocycles. The van der Waals surface area contributed by atoms with Crippen LogP contribution in [0.4, 0.5) is 0 Å². The van der Waals surface area contributed by atoms with Crippen LogP contribution in [0.3, 0.4) is 0 Å². The van der Waals surface area contributed by atoms with Gasteiger partial charge in [-0.25, -0.2) is 4.79 Å². The van der Waals surface area contributed by atoms with E-state index >= 15 is 0 Å². The van der Waals surface area contributed by atoms with Gasteiger partial charge in [0.25, 0.3) is 0 Å². The lowest BCUT2D eigenvalue weighted by Gasteiger charge is -2.10. The normalized spacial score (nSPS) is 19.7. The summed E-state index contributed by atoms with van der Waals surface area (Å²) in [7, 11) is 1.38. The van der Waals surface area contributed by atoms with E-state index < -0.39 is 0 Å². The molecular weight excluding hydrogens is 214 g/mol. The van der Waals surface area contributed by atoms with Crippen molar-refractivity contribution in [3.63, 3.8) is 0 Å². The first-order valence-corrected chi connectivity index (χ1v) is 5.89. The highest BCUT2D eigenvalue weighted by Gasteiger charge is 2.15. The van der Waals surface area contributed by atoms with E-state index in [0.29, 0.717) is 6.04 Å². The summed E-state index contributed by atoms with van der Waals surface area (Å²) >= 11 is 0. The monoisotopic (exact) mass is 231 g/mol. The molecule has 0 saturated carbocycles. The van der Waals surface area contributed by atoms with Crippen molar-refractivity contribution in [3.8, 4) is 0 Å². The second-order valence-electron chi connectivity index (χ2n) is 4.17. The standard InChI is InChI=1S/C14H17NO2/c1-17-14(16)9-6-11-4-7-12(8-5-11)13-3-2-10-15-13/h4-9,13,15H,2-3,10H2,1H3/b9-6+/t13-/m1/s1. The van der Waals surface area contributed by atoms with Crippen LogP contribution in [0.15, 0.2) is 30.3 Å². The van der Waals surface area contributed by atoms with Crippen molar-refractivity contribution in [1.82, 2.24) is 5.32 Å². The highest BCUT2D eigenvalue weighted by atomic mass is 16.5. The van der Waals surface area contributed by atoms with Crippen LogP contribution in [-0.2, 0) is 9.53 Å². The molecule has 17 heavy (non-hydrogen) atoms. The molecule has 1 aromatic rings. The quantitative estimate of drug-likeness (QED) is 0.640. The maximum atomic E-state index is 10.9. The predicted octanol–water partition coefficient (Wildman–Crippen LogP) is 2.30. The second kappa shape index (κ2) is 5.64. The number of carbonyl (C=O) groups is 1. The molecule has 1 aliphatic rings. The minimum atomic E-state index is -0.327. The minimum Gasteiger partial charge on any atom is -0.466 e. The van der Waals surface area contributed by atoms with Crippen LogP contribution in [-0.4, -0.2) is 19.6 Å². The van der Waals surface area contributed by atoms with Crippen LogP contribution in [0.5, 0.6) is 0 Å². The molecule has 3 heteroatoms. The van der Waals surface area contributed by atoms with Crippen molar-refractivity contribution in [2.24, 2.45) is 0 Å². The average molecular weight is 231 g/mol. The van der Waals surface area contributed by atoms with E-state index in [0.717, 1.165) is 12.1 Å². The molecule has 1 N–H and O–H groups in total. The highest BCUT2D eigenvalue weighted by Crippen LogP contribution is 2.23. The lowest BCUT2D eigenvalue weighted by atomic mass is 10.0. The molecule has 0 spiro atoms. The number of hydrogen-bond donors (Lipinski definition) is 1. The molecule has 0 bridgehead atoms. The Bertz CT molecular complexity index is 403. The zero-order valence-electron chi connectivity index (χ0n) is 9.98. The van der Waals surface area contributed by atoms with Gasteiger partial charge >= 0.3 is 5.97 Å². The Hall–Kier alpha value is -1.61. The number of rotatable bonds is 3. The fourth-order valence-corrected chi connectivity index (χ4v) is 2.04. The summed E-state index contributed by atoms with van der Waals surface area (Å²) in [4.78, 5) is 10.9. The molecule has 0 aliphatic carbocycles. The van der Waals surface area contributed by atoms with E-state index in [1.165, 1.54) is 31.6 Å². The van der Waals surface area contributed by atoms with Gasteiger partial charge in [0.1, 0.15) is 0 Å². The number of methoxy groups -OCH3 is 1. The first-order chi connectivity index (χ1) is 8.29. The van der Waals surface area contributed by atoms with Crippen molar-refractivity contribution in [2.45, 2.75) is 18.9 Å². The number of esters is 1. The van der Waals surface area contributed by atoms with Gasteiger partial charge in [0.15, 0.2) is 0 Å². The van der Waals surface area contributed by atoms with Crippen molar-refractivity contribution in [3.05, 3.63) is 41.5 Å². The Kier molecular flexibility index (Phi) is 3.94. The molecular formula is C14H17NO2. The van der Waals surface area contributed by atoms with Crippen LogP contribution in [0.2, 0.25) is 0 Å². The Labute approximate surface area is 101 Å². The minimum absolute atomic E-state index is 0.327. The Morgan fingerprint density at radius 1 is 1.41 bits per heavy atom. The third-order valence-electron chi connectivity index (χ3n) is 3.01.